The molecule has 1 heterocycles. The second kappa shape index (κ2) is 5.72. The minimum Gasteiger partial charge on any atom is -0.474 e. The van der Waals surface area contributed by atoms with Gasteiger partial charge in [-0.3, -0.25) is 10.1 Å². The van der Waals surface area contributed by atoms with Crippen LogP contribution >= 0.6 is 0 Å². The van der Waals surface area contributed by atoms with Crippen molar-refractivity contribution in [3.8, 4) is 0 Å². The monoisotopic (exact) mass is 313 g/mol. The number of hydrogen-bond acceptors (Lipinski definition) is 5. The van der Waals surface area contributed by atoms with Gasteiger partial charge in [-0.05, 0) is 36.8 Å². The van der Waals surface area contributed by atoms with Crippen molar-refractivity contribution in [1.82, 2.24) is 0 Å². The normalized spacial score (nSPS) is 18.5. The van der Waals surface area contributed by atoms with Crippen LogP contribution in [0.1, 0.15) is 13.8 Å². The van der Waals surface area contributed by atoms with Crippen LogP contribution in [0.2, 0.25) is 0 Å². The molecule has 1 aromatic rings. The SMILES string of the molecule is CCOC(=O)C1=c2cc([N+](=O)[O-])ccc2=C2C(C)=CC=CC2O1. The highest BCUT2D eigenvalue weighted by Crippen LogP contribution is 2.26. The largest absolute Gasteiger partial charge is 0.474 e. The Balaban J connectivity index is 2.37. The van der Waals surface area contributed by atoms with Crippen LogP contribution in [0.25, 0.3) is 11.3 Å². The third-order valence-electron chi connectivity index (χ3n) is 3.80. The van der Waals surface area contributed by atoms with Crippen LogP contribution in [0.15, 0.2) is 42.0 Å². The fourth-order valence-corrected chi connectivity index (χ4v) is 2.79. The van der Waals surface area contributed by atoms with Gasteiger partial charge < -0.3 is 9.47 Å². The number of ether oxygens (including phenoxy) is 2. The molecule has 0 fully saturated rings. The number of allylic oxidation sites excluding steroid dienone is 2. The first kappa shape index (κ1) is 15.0. The van der Waals surface area contributed by atoms with Crippen LogP contribution in [0.4, 0.5) is 5.69 Å². The number of carbonyl (C=O) groups is 1. The highest BCUT2D eigenvalue weighted by Gasteiger charge is 2.28. The Morgan fingerprint density at radius 2 is 2.17 bits per heavy atom. The van der Waals surface area contributed by atoms with Crippen molar-refractivity contribution in [3.63, 3.8) is 0 Å². The topological polar surface area (TPSA) is 78.7 Å². The van der Waals surface area contributed by atoms with Gasteiger partial charge in [-0.1, -0.05) is 12.2 Å². The molecule has 0 radical (unpaired) electrons. The summed E-state index contributed by atoms with van der Waals surface area (Å²) in [4.78, 5) is 22.7. The van der Waals surface area contributed by atoms with Crippen LogP contribution in [0, 0.1) is 10.1 Å². The van der Waals surface area contributed by atoms with Crippen LogP contribution in [-0.2, 0) is 14.3 Å². The molecule has 1 aliphatic heterocycles. The number of nitrogens with zero attached hydrogens (tertiary/aromatic N) is 1. The van der Waals surface area contributed by atoms with Gasteiger partial charge >= 0.3 is 5.97 Å². The maximum Gasteiger partial charge on any atom is 0.374 e. The summed E-state index contributed by atoms with van der Waals surface area (Å²) in [6.07, 6.45) is 5.25. The molecule has 1 atom stereocenters. The number of fused-ring (bicyclic) bond motifs is 2. The maximum absolute atomic E-state index is 12.2. The Bertz CT molecular complexity index is 879. The van der Waals surface area contributed by atoms with Gasteiger partial charge in [-0.15, -0.1) is 0 Å². The molecule has 23 heavy (non-hydrogen) atoms. The summed E-state index contributed by atoms with van der Waals surface area (Å²) in [5.74, 6) is -0.604. The van der Waals surface area contributed by atoms with Crippen molar-refractivity contribution < 1.29 is 19.2 Å². The van der Waals surface area contributed by atoms with Crippen LogP contribution in [0.5, 0.6) is 0 Å². The lowest BCUT2D eigenvalue weighted by molar-refractivity contribution is -0.385. The summed E-state index contributed by atoms with van der Waals surface area (Å²) in [7, 11) is 0. The van der Waals surface area contributed by atoms with E-state index in [9.17, 15) is 14.9 Å². The minimum atomic E-state index is -0.617. The molecule has 3 rings (SSSR count). The van der Waals surface area contributed by atoms with Gasteiger partial charge in [0.2, 0.25) is 5.76 Å². The van der Waals surface area contributed by atoms with Gasteiger partial charge in [0.15, 0.2) is 0 Å². The second-order valence-electron chi connectivity index (χ2n) is 5.22. The summed E-state index contributed by atoms with van der Waals surface area (Å²) in [5, 5.41) is 12.2. The van der Waals surface area contributed by atoms with Crippen LogP contribution in [-0.4, -0.2) is 23.6 Å². The van der Waals surface area contributed by atoms with Gasteiger partial charge in [0.1, 0.15) is 6.10 Å². The van der Waals surface area contributed by atoms with E-state index in [2.05, 4.69) is 0 Å². The Morgan fingerprint density at radius 3 is 2.87 bits per heavy atom. The first-order valence-corrected chi connectivity index (χ1v) is 7.25. The number of rotatable bonds is 3. The fraction of sp³-hybridized carbons (Fsp3) is 0.235. The Kier molecular flexibility index (Phi) is 3.73. The zero-order chi connectivity index (χ0) is 16.6. The molecule has 2 aliphatic rings. The van der Waals surface area contributed by atoms with E-state index in [0.29, 0.717) is 5.22 Å². The quantitative estimate of drug-likeness (QED) is 0.478. The molecular formula is C17H15NO5. The standard InChI is InChI=1S/C17H15NO5/c1-3-22-17(19)16-13-9-11(18(20)21)7-8-12(13)15-10(2)5-4-6-14(15)23-16/h4-9,14H,3H2,1-2H3. The van der Waals surface area contributed by atoms with E-state index in [4.69, 9.17) is 9.47 Å². The summed E-state index contributed by atoms with van der Waals surface area (Å²) in [6, 6.07) is 4.45. The summed E-state index contributed by atoms with van der Waals surface area (Å²) in [6.45, 7) is 3.84. The summed E-state index contributed by atoms with van der Waals surface area (Å²) < 4.78 is 10.8. The molecular weight excluding hydrogens is 298 g/mol. The zero-order valence-electron chi connectivity index (χ0n) is 12.7. The molecule has 0 amide bonds. The molecule has 1 unspecified atom stereocenters. The summed E-state index contributed by atoms with van der Waals surface area (Å²) >= 11 is 0. The van der Waals surface area contributed by atoms with Gasteiger partial charge in [-0.2, -0.15) is 0 Å². The first-order valence-electron chi connectivity index (χ1n) is 7.25. The predicted molar refractivity (Wildman–Crippen MR) is 83.6 cm³/mol. The Hall–Kier alpha value is -2.89. The van der Waals surface area contributed by atoms with Gasteiger partial charge in [0.05, 0.1) is 11.5 Å². The van der Waals surface area contributed by atoms with Crippen molar-refractivity contribution in [2.75, 3.05) is 6.61 Å². The lowest BCUT2D eigenvalue weighted by atomic mass is 9.91. The molecule has 118 valence electrons. The van der Waals surface area contributed by atoms with Crippen molar-refractivity contribution in [3.05, 3.63) is 62.6 Å². The summed E-state index contributed by atoms with van der Waals surface area (Å²) in [5.41, 5.74) is 1.81. The van der Waals surface area contributed by atoms with E-state index in [-0.39, 0.29) is 18.1 Å². The first-order chi connectivity index (χ1) is 11.0. The number of non-ortho nitro benzene ring substituents is 1. The van der Waals surface area contributed by atoms with Crippen molar-refractivity contribution in [2.24, 2.45) is 0 Å². The third-order valence-corrected chi connectivity index (χ3v) is 3.80. The highest BCUT2D eigenvalue weighted by molar-refractivity contribution is 6.07. The molecule has 6 heteroatoms. The van der Waals surface area contributed by atoms with E-state index in [1.165, 1.54) is 12.1 Å². The minimum absolute atomic E-state index is 0.0126. The maximum atomic E-state index is 12.2. The molecule has 0 bridgehead atoms. The number of benzene rings is 1. The van der Waals surface area contributed by atoms with E-state index in [1.54, 1.807) is 13.0 Å². The average molecular weight is 313 g/mol. The number of esters is 1. The van der Waals surface area contributed by atoms with Crippen LogP contribution in [0.3, 0.4) is 0 Å². The second-order valence-corrected chi connectivity index (χ2v) is 5.22. The van der Waals surface area contributed by atoms with Gasteiger partial charge in [0.25, 0.3) is 5.69 Å². The zero-order valence-corrected chi connectivity index (χ0v) is 12.7. The molecule has 1 aromatic carbocycles. The smallest absolute Gasteiger partial charge is 0.374 e. The van der Waals surface area contributed by atoms with E-state index >= 15 is 0 Å². The molecule has 0 saturated carbocycles. The predicted octanol–water partition coefficient (Wildman–Crippen LogP) is 1.33. The van der Waals surface area contributed by atoms with E-state index in [0.717, 1.165) is 16.4 Å². The number of nitro benzene ring substituents is 1. The number of hydrogen-bond donors (Lipinski definition) is 0. The Labute approximate surface area is 132 Å². The molecule has 0 aromatic heterocycles. The van der Waals surface area contributed by atoms with Crippen molar-refractivity contribution in [1.29, 1.82) is 0 Å². The van der Waals surface area contributed by atoms with Gasteiger partial charge in [-0.25, -0.2) is 4.79 Å². The lowest BCUT2D eigenvalue weighted by Gasteiger charge is -2.26. The van der Waals surface area contributed by atoms with E-state index < -0.39 is 17.0 Å². The van der Waals surface area contributed by atoms with Crippen LogP contribution < -0.4 is 10.4 Å². The molecule has 0 N–H and O–H groups in total. The van der Waals surface area contributed by atoms with Crippen molar-refractivity contribution >= 4 is 23.0 Å². The van der Waals surface area contributed by atoms with E-state index in [1.807, 2.05) is 25.2 Å². The number of carbonyl (C=O) groups excluding carboxylic acids is 1. The Morgan fingerprint density at radius 1 is 1.39 bits per heavy atom. The molecule has 1 aliphatic carbocycles. The average Bonchev–Trinajstić information content (AvgIpc) is 2.53. The highest BCUT2D eigenvalue weighted by atomic mass is 16.6. The molecule has 0 saturated heterocycles. The molecule has 0 spiro atoms. The lowest BCUT2D eigenvalue weighted by Crippen LogP contribution is -2.41. The molecule has 6 nitrogen and oxygen atoms in total. The fourth-order valence-electron chi connectivity index (χ4n) is 2.79. The van der Waals surface area contributed by atoms with Crippen molar-refractivity contribution in [2.45, 2.75) is 20.0 Å². The third kappa shape index (κ3) is 2.52. The van der Waals surface area contributed by atoms with Gasteiger partial charge in [0, 0.05) is 22.9 Å². The number of nitro groups is 1.